The smallest absolute Gasteiger partial charge is 0.203 e. The number of hydrogen-bond acceptors (Lipinski definition) is 4. The topological polar surface area (TPSA) is 37.3 Å². The summed E-state index contributed by atoms with van der Waals surface area (Å²) in [6.45, 7) is 0. The van der Waals surface area contributed by atoms with Crippen molar-refractivity contribution >= 4 is 22.7 Å². The minimum absolute atomic E-state index is 0.279. The van der Waals surface area contributed by atoms with Crippen molar-refractivity contribution in [3.63, 3.8) is 0 Å². The van der Waals surface area contributed by atoms with Gasteiger partial charge >= 0.3 is 0 Å². The van der Waals surface area contributed by atoms with E-state index >= 15 is 0 Å². The highest BCUT2D eigenvalue weighted by atomic mass is 32.1. The summed E-state index contributed by atoms with van der Waals surface area (Å²) in [6.07, 6.45) is 1.89. The number of rotatable bonds is 4. The van der Waals surface area contributed by atoms with Crippen LogP contribution in [0.3, 0.4) is 0 Å². The lowest BCUT2D eigenvalue weighted by Gasteiger charge is -2.42. The van der Waals surface area contributed by atoms with Crippen LogP contribution in [0.4, 0.5) is 5.13 Å². The van der Waals surface area contributed by atoms with Crippen LogP contribution in [0.15, 0.2) is 108 Å². The minimum atomic E-state index is 0.279. The molecule has 3 nitrogen and oxygen atoms in total. The number of aromatic nitrogens is 1. The minimum Gasteiger partial charge on any atom is -0.253 e. The van der Waals surface area contributed by atoms with Gasteiger partial charge in [0.15, 0.2) is 0 Å². The van der Waals surface area contributed by atoms with Crippen molar-refractivity contribution in [3.05, 3.63) is 141 Å². The van der Waals surface area contributed by atoms with E-state index in [4.69, 9.17) is 0 Å². The van der Waals surface area contributed by atoms with E-state index in [2.05, 4.69) is 99.8 Å². The first-order valence-electron chi connectivity index (χ1n) is 11.5. The van der Waals surface area contributed by atoms with Gasteiger partial charge in [-0.25, -0.2) is 4.98 Å². The second kappa shape index (κ2) is 7.79. The van der Waals surface area contributed by atoms with Crippen LogP contribution in [0.1, 0.15) is 50.8 Å². The summed E-state index contributed by atoms with van der Waals surface area (Å²) < 4.78 is 0. The number of hydrazone groups is 1. The highest BCUT2D eigenvalue weighted by molar-refractivity contribution is 7.14. The summed E-state index contributed by atoms with van der Waals surface area (Å²) >= 11 is 1.56. The van der Waals surface area contributed by atoms with E-state index in [9.17, 15) is 0 Å². The van der Waals surface area contributed by atoms with Gasteiger partial charge < -0.3 is 0 Å². The molecular weight excluding hydrogens is 434 g/mol. The molecule has 4 aromatic carbocycles. The normalized spacial score (nSPS) is 17.3. The largest absolute Gasteiger partial charge is 0.253 e. The third kappa shape index (κ3) is 3.03. The third-order valence-electron chi connectivity index (χ3n) is 6.92. The fourth-order valence-electron chi connectivity index (χ4n) is 5.49. The van der Waals surface area contributed by atoms with Gasteiger partial charge in [-0.1, -0.05) is 91.0 Å². The fourth-order valence-corrected chi connectivity index (χ4v) is 6.16. The Labute approximate surface area is 202 Å². The van der Waals surface area contributed by atoms with Crippen molar-refractivity contribution in [1.82, 2.24) is 4.98 Å². The van der Waals surface area contributed by atoms with E-state index in [-0.39, 0.29) is 5.92 Å². The zero-order valence-corrected chi connectivity index (χ0v) is 19.2. The summed E-state index contributed by atoms with van der Waals surface area (Å²) in [7, 11) is 0. The lowest BCUT2D eigenvalue weighted by Crippen LogP contribution is -2.27. The van der Waals surface area contributed by atoms with E-state index in [1.54, 1.807) is 11.3 Å². The van der Waals surface area contributed by atoms with Gasteiger partial charge in [0, 0.05) is 22.8 Å². The number of benzene rings is 4. The average molecular weight is 456 g/mol. The summed E-state index contributed by atoms with van der Waals surface area (Å²) in [5, 5.41) is 7.33. The zero-order chi connectivity index (χ0) is 22.5. The third-order valence-corrected chi connectivity index (χ3v) is 7.66. The monoisotopic (exact) mass is 455 g/mol. The van der Waals surface area contributed by atoms with Crippen LogP contribution in [0.25, 0.3) is 11.3 Å². The summed E-state index contributed by atoms with van der Waals surface area (Å²) in [5.74, 6) is 0.587. The first-order chi connectivity index (χ1) is 16.9. The lowest BCUT2D eigenvalue weighted by atomic mass is 9.61. The molecule has 5 aromatic rings. The number of anilines is 1. The molecule has 1 aromatic heterocycles. The first-order valence-corrected chi connectivity index (χ1v) is 12.4. The fraction of sp³-hybridized carbons (Fsp3) is 0.0667. The molecule has 0 amide bonds. The van der Waals surface area contributed by atoms with E-state index in [0.29, 0.717) is 5.92 Å². The second-order valence-corrected chi connectivity index (χ2v) is 9.64. The van der Waals surface area contributed by atoms with Gasteiger partial charge in [0.05, 0.1) is 11.9 Å². The van der Waals surface area contributed by atoms with Crippen LogP contribution >= 0.6 is 11.3 Å². The molecule has 3 aliphatic carbocycles. The van der Waals surface area contributed by atoms with Crippen molar-refractivity contribution in [3.8, 4) is 11.3 Å². The van der Waals surface area contributed by atoms with Gasteiger partial charge in [-0.2, -0.15) is 5.10 Å². The van der Waals surface area contributed by atoms with Gasteiger partial charge in [-0.3, -0.25) is 5.43 Å². The second-order valence-electron chi connectivity index (χ2n) is 8.79. The Bertz CT molecular complexity index is 1500. The van der Waals surface area contributed by atoms with Crippen molar-refractivity contribution in [2.45, 2.75) is 11.8 Å². The Morgan fingerprint density at radius 2 is 1.26 bits per heavy atom. The molecule has 162 valence electrons. The molecule has 8 rings (SSSR count). The van der Waals surface area contributed by atoms with E-state index < -0.39 is 0 Å². The molecule has 2 bridgehead atoms. The van der Waals surface area contributed by atoms with Gasteiger partial charge in [-0.15, -0.1) is 11.3 Å². The molecule has 0 saturated carbocycles. The molecule has 3 aliphatic rings. The number of hydrogen-bond donors (Lipinski definition) is 1. The molecule has 1 N–H and O–H groups in total. The van der Waals surface area contributed by atoms with Crippen LogP contribution in [0, 0.1) is 0 Å². The van der Waals surface area contributed by atoms with Crippen molar-refractivity contribution in [1.29, 1.82) is 0 Å². The molecule has 4 heteroatoms. The van der Waals surface area contributed by atoms with Gasteiger partial charge in [0.2, 0.25) is 5.13 Å². The number of nitrogens with zero attached hydrogens (tertiary/aromatic N) is 2. The number of nitrogens with one attached hydrogen (secondary N) is 1. The summed E-state index contributed by atoms with van der Waals surface area (Å²) in [6, 6.07) is 34.8. The first kappa shape index (κ1) is 19.4. The van der Waals surface area contributed by atoms with E-state index in [0.717, 1.165) is 22.0 Å². The lowest BCUT2D eigenvalue weighted by molar-refractivity contribution is 0.754. The molecule has 34 heavy (non-hydrogen) atoms. The Hall–Kier alpha value is -4.02. The maximum Gasteiger partial charge on any atom is 0.203 e. The molecule has 0 aliphatic heterocycles. The SMILES string of the molecule is C(=NNc1nc(-c2ccccc2)cs1)c1ccc2c(c1)C1c3ccccc3C2c2ccccc21. The maximum absolute atomic E-state index is 4.66. The van der Waals surface area contributed by atoms with E-state index in [1.807, 2.05) is 24.4 Å². The molecule has 0 spiro atoms. The zero-order valence-electron chi connectivity index (χ0n) is 18.3. The quantitative estimate of drug-likeness (QED) is 0.224. The highest BCUT2D eigenvalue weighted by Crippen LogP contribution is 2.55. The van der Waals surface area contributed by atoms with Gasteiger partial charge in [0.25, 0.3) is 0 Å². The van der Waals surface area contributed by atoms with Gasteiger partial charge in [-0.05, 0) is 45.0 Å². The highest BCUT2D eigenvalue weighted by Gasteiger charge is 2.40. The van der Waals surface area contributed by atoms with Crippen LogP contribution in [0.5, 0.6) is 0 Å². The standard InChI is InChI=1S/C30H21N3S/c1-2-8-20(9-3-1)27-18-34-30(32-27)33-31-17-19-14-15-25-26(16-19)29-23-12-6-4-10-21(23)28(25)22-11-5-7-13-24(22)29/h1-18,28-29H,(H,32,33). The summed E-state index contributed by atoms with van der Waals surface area (Å²) in [4.78, 5) is 4.66. The Morgan fingerprint density at radius 1 is 0.676 bits per heavy atom. The van der Waals surface area contributed by atoms with Crippen molar-refractivity contribution < 1.29 is 0 Å². The van der Waals surface area contributed by atoms with Crippen LogP contribution < -0.4 is 5.43 Å². The molecule has 0 radical (unpaired) electrons. The summed E-state index contributed by atoms with van der Waals surface area (Å²) in [5.41, 5.74) is 14.8. The van der Waals surface area contributed by atoms with Crippen molar-refractivity contribution in [2.24, 2.45) is 5.10 Å². The molecular formula is C30H21N3S. The predicted octanol–water partition coefficient (Wildman–Crippen LogP) is 7.24. The van der Waals surface area contributed by atoms with Gasteiger partial charge in [0.1, 0.15) is 0 Å². The molecule has 0 saturated heterocycles. The number of thiazole rings is 1. The Morgan fingerprint density at radius 3 is 1.94 bits per heavy atom. The Kier molecular flexibility index (Phi) is 4.45. The Balaban J connectivity index is 1.19. The average Bonchev–Trinajstić information content (AvgIpc) is 3.38. The molecule has 0 unspecified atom stereocenters. The maximum atomic E-state index is 4.66. The molecule has 0 atom stereocenters. The van der Waals surface area contributed by atoms with E-state index in [1.165, 1.54) is 33.4 Å². The molecule has 0 fully saturated rings. The van der Waals surface area contributed by atoms with Crippen LogP contribution in [-0.4, -0.2) is 11.2 Å². The van der Waals surface area contributed by atoms with Crippen molar-refractivity contribution in [2.75, 3.05) is 5.43 Å². The predicted molar refractivity (Wildman–Crippen MR) is 140 cm³/mol. The molecule has 1 heterocycles. The van der Waals surface area contributed by atoms with Crippen LogP contribution in [-0.2, 0) is 0 Å². The van der Waals surface area contributed by atoms with Crippen LogP contribution in [0.2, 0.25) is 0 Å².